The van der Waals surface area contributed by atoms with Gasteiger partial charge in [0.05, 0.1) is 4.90 Å². The summed E-state index contributed by atoms with van der Waals surface area (Å²) in [6, 6.07) is 12.9. The highest BCUT2D eigenvalue weighted by atomic mass is 32.2. The molecule has 2 aromatic carbocycles. The van der Waals surface area contributed by atoms with Crippen molar-refractivity contribution in [2.45, 2.75) is 11.3 Å². The van der Waals surface area contributed by atoms with E-state index < -0.39 is 15.8 Å². The first-order valence-corrected chi connectivity index (χ1v) is 7.53. The quantitative estimate of drug-likeness (QED) is 0.731. The van der Waals surface area contributed by atoms with Crippen molar-refractivity contribution in [1.82, 2.24) is 4.72 Å². The number of hydrogen-bond acceptors (Lipinski definition) is 4. The van der Waals surface area contributed by atoms with Gasteiger partial charge in [0.25, 0.3) is 0 Å². The first-order valence-electron chi connectivity index (χ1n) is 6.04. The number of nitrogens with one attached hydrogen (secondary N) is 1. The van der Waals surface area contributed by atoms with Crippen molar-refractivity contribution in [2.24, 2.45) is 0 Å². The minimum atomic E-state index is -3.69. The van der Waals surface area contributed by atoms with Gasteiger partial charge in [-0.25, -0.2) is 13.1 Å². The van der Waals surface area contributed by atoms with Crippen LogP contribution >= 0.6 is 0 Å². The monoisotopic (exact) mass is 293 g/mol. The Hall–Kier alpha value is -2.05. The number of benzene rings is 2. The molecule has 2 rings (SSSR count). The van der Waals surface area contributed by atoms with Gasteiger partial charge in [-0.05, 0) is 24.1 Å². The molecule has 0 atom stereocenters. The summed E-state index contributed by atoms with van der Waals surface area (Å²) in [6.45, 7) is 0.258. The van der Waals surface area contributed by atoms with Gasteiger partial charge < -0.3 is 10.2 Å². The first-order chi connectivity index (χ1) is 9.49. The molecule has 0 fully saturated rings. The Morgan fingerprint density at radius 1 is 0.950 bits per heavy atom. The fraction of sp³-hybridized carbons (Fsp3) is 0.143. The average Bonchev–Trinajstić information content (AvgIpc) is 2.43. The number of aromatic hydroxyl groups is 2. The van der Waals surface area contributed by atoms with Crippen molar-refractivity contribution in [3.8, 4) is 11.5 Å². The molecule has 0 spiro atoms. The van der Waals surface area contributed by atoms with E-state index in [0.29, 0.717) is 6.42 Å². The second-order valence-electron chi connectivity index (χ2n) is 4.28. The predicted molar refractivity (Wildman–Crippen MR) is 75.1 cm³/mol. The number of sulfonamides is 1. The van der Waals surface area contributed by atoms with Gasteiger partial charge in [-0.15, -0.1) is 0 Å². The van der Waals surface area contributed by atoms with Gasteiger partial charge in [0.1, 0.15) is 0 Å². The van der Waals surface area contributed by atoms with Gasteiger partial charge >= 0.3 is 0 Å². The van der Waals surface area contributed by atoms with Crippen LogP contribution in [0.15, 0.2) is 53.4 Å². The second-order valence-corrected chi connectivity index (χ2v) is 6.05. The van der Waals surface area contributed by atoms with Crippen LogP contribution in [-0.4, -0.2) is 25.2 Å². The van der Waals surface area contributed by atoms with Gasteiger partial charge in [-0.2, -0.15) is 0 Å². The maximum Gasteiger partial charge on any atom is 0.240 e. The van der Waals surface area contributed by atoms with Gasteiger partial charge in [0.2, 0.25) is 10.0 Å². The summed E-state index contributed by atoms with van der Waals surface area (Å²) in [5.41, 5.74) is 1.03. The first kappa shape index (κ1) is 14.4. The molecule has 0 amide bonds. The minimum absolute atomic E-state index is 0.0825. The SMILES string of the molecule is O=S(=O)(NCCc1ccccc1)c1ccc(O)c(O)c1. The summed E-state index contributed by atoms with van der Waals surface area (Å²) in [6.07, 6.45) is 0.574. The lowest BCUT2D eigenvalue weighted by atomic mass is 10.2. The third-order valence-corrected chi connectivity index (χ3v) is 4.26. The van der Waals surface area contributed by atoms with Crippen molar-refractivity contribution < 1.29 is 18.6 Å². The zero-order valence-electron chi connectivity index (χ0n) is 10.7. The van der Waals surface area contributed by atoms with Crippen LogP contribution < -0.4 is 4.72 Å². The molecule has 0 bridgehead atoms. The van der Waals surface area contributed by atoms with E-state index in [2.05, 4.69) is 4.72 Å². The van der Waals surface area contributed by atoms with Crippen molar-refractivity contribution in [3.63, 3.8) is 0 Å². The lowest BCUT2D eigenvalue weighted by molar-refractivity contribution is 0.402. The van der Waals surface area contributed by atoms with Crippen LogP contribution in [0.1, 0.15) is 5.56 Å². The smallest absolute Gasteiger partial charge is 0.240 e. The molecule has 0 radical (unpaired) electrons. The van der Waals surface area contributed by atoms with Gasteiger partial charge in [-0.3, -0.25) is 0 Å². The molecular formula is C14H15NO4S. The summed E-state index contributed by atoms with van der Waals surface area (Å²) in [7, 11) is -3.69. The van der Waals surface area contributed by atoms with E-state index in [9.17, 15) is 13.5 Å². The van der Waals surface area contributed by atoms with Crippen LogP contribution in [0, 0.1) is 0 Å². The Labute approximate surface area is 117 Å². The molecular weight excluding hydrogens is 278 g/mol. The summed E-state index contributed by atoms with van der Waals surface area (Å²) >= 11 is 0. The van der Waals surface area contributed by atoms with Crippen LogP contribution in [0.25, 0.3) is 0 Å². The van der Waals surface area contributed by atoms with E-state index in [1.165, 1.54) is 6.07 Å². The van der Waals surface area contributed by atoms with Crippen LogP contribution in [0.2, 0.25) is 0 Å². The highest BCUT2D eigenvalue weighted by Gasteiger charge is 2.15. The van der Waals surface area contributed by atoms with Crippen molar-refractivity contribution in [3.05, 3.63) is 54.1 Å². The van der Waals surface area contributed by atoms with Crippen molar-refractivity contribution >= 4 is 10.0 Å². The summed E-state index contributed by atoms with van der Waals surface area (Å²) in [5, 5.41) is 18.5. The van der Waals surface area contributed by atoms with E-state index in [0.717, 1.165) is 17.7 Å². The van der Waals surface area contributed by atoms with Crippen LogP contribution in [0.4, 0.5) is 0 Å². The maximum absolute atomic E-state index is 12.0. The van der Waals surface area contributed by atoms with Crippen molar-refractivity contribution in [2.75, 3.05) is 6.54 Å². The van der Waals surface area contributed by atoms with Crippen LogP contribution in [0.3, 0.4) is 0 Å². The fourth-order valence-corrected chi connectivity index (χ4v) is 2.78. The Kier molecular flexibility index (Phi) is 4.26. The third-order valence-electron chi connectivity index (χ3n) is 2.81. The van der Waals surface area contributed by atoms with E-state index in [-0.39, 0.29) is 17.2 Å². The topological polar surface area (TPSA) is 86.6 Å². The molecule has 2 aromatic rings. The molecule has 0 aliphatic heterocycles. The lowest BCUT2D eigenvalue weighted by Crippen LogP contribution is -2.25. The molecule has 106 valence electrons. The molecule has 6 heteroatoms. The summed E-state index contributed by atoms with van der Waals surface area (Å²) in [5.74, 6) is -0.816. The number of rotatable bonds is 5. The molecule has 0 aromatic heterocycles. The normalized spacial score (nSPS) is 11.4. The maximum atomic E-state index is 12.0. The highest BCUT2D eigenvalue weighted by Crippen LogP contribution is 2.26. The minimum Gasteiger partial charge on any atom is -0.504 e. The molecule has 0 aliphatic rings. The lowest BCUT2D eigenvalue weighted by Gasteiger charge is -2.07. The van der Waals surface area contributed by atoms with Crippen LogP contribution in [0.5, 0.6) is 11.5 Å². The second kappa shape index (κ2) is 5.94. The summed E-state index contributed by atoms with van der Waals surface area (Å²) < 4.78 is 26.4. The molecule has 5 nitrogen and oxygen atoms in total. The summed E-state index contributed by atoms with van der Waals surface area (Å²) in [4.78, 5) is -0.0825. The third kappa shape index (κ3) is 3.49. The Balaban J connectivity index is 2.02. The van der Waals surface area contributed by atoms with E-state index in [1.54, 1.807) is 0 Å². The Morgan fingerprint density at radius 3 is 2.30 bits per heavy atom. The van der Waals surface area contributed by atoms with Gasteiger partial charge in [-0.1, -0.05) is 30.3 Å². The van der Waals surface area contributed by atoms with Gasteiger partial charge in [0.15, 0.2) is 11.5 Å². The zero-order valence-corrected chi connectivity index (χ0v) is 11.5. The molecule has 0 saturated heterocycles. The number of phenols is 2. The standard InChI is InChI=1S/C14H15NO4S/c16-13-7-6-12(10-14(13)17)20(18,19)15-9-8-11-4-2-1-3-5-11/h1-7,10,15-17H,8-9H2. The van der Waals surface area contributed by atoms with Gasteiger partial charge in [0, 0.05) is 12.6 Å². The molecule has 3 N–H and O–H groups in total. The number of hydrogen-bond donors (Lipinski definition) is 3. The zero-order chi connectivity index (χ0) is 14.6. The molecule has 20 heavy (non-hydrogen) atoms. The van der Waals surface area contributed by atoms with Crippen LogP contribution in [-0.2, 0) is 16.4 Å². The molecule has 0 saturated carbocycles. The Morgan fingerprint density at radius 2 is 1.65 bits per heavy atom. The number of phenolic OH excluding ortho intramolecular Hbond substituents is 2. The predicted octanol–water partition coefficient (Wildman–Crippen LogP) is 1.62. The van der Waals surface area contributed by atoms with E-state index in [4.69, 9.17) is 5.11 Å². The highest BCUT2D eigenvalue weighted by molar-refractivity contribution is 7.89. The Bertz CT molecular complexity index is 684. The van der Waals surface area contributed by atoms with E-state index >= 15 is 0 Å². The average molecular weight is 293 g/mol. The fourth-order valence-electron chi connectivity index (χ4n) is 1.73. The van der Waals surface area contributed by atoms with Crippen molar-refractivity contribution in [1.29, 1.82) is 0 Å². The molecule has 0 unspecified atom stereocenters. The largest absolute Gasteiger partial charge is 0.504 e. The van der Waals surface area contributed by atoms with E-state index in [1.807, 2.05) is 30.3 Å². The molecule has 0 aliphatic carbocycles. The molecule has 0 heterocycles.